The molecule has 3 nitrogen and oxygen atoms in total. The minimum absolute atomic E-state index is 0.220. The van der Waals surface area contributed by atoms with Gasteiger partial charge in [0, 0.05) is 11.8 Å². The van der Waals surface area contributed by atoms with E-state index in [1.165, 1.54) is 12.1 Å². The van der Waals surface area contributed by atoms with Crippen LogP contribution in [0.4, 0.5) is 4.39 Å². The van der Waals surface area contributed by atoms with Gasteiger partial charge in [-0.25, -0.2) is 4.39 Å². The highest BCUT2D eigenvalue weighted by Crippen LogP contribution is 2.26. The zero-order valence-corrected chi connectivity index (χ0v) is 12.2. The van der Waals surface area contributed by atoms with Gasteiger partial charge in [-0.1, -0.05) is 18.3 Å². The van der Waals surface area contributed by atoms with Crippen molar-refractivity contribution in [3.05, 3.63) is 58.1 Å². The van der Waals surface area contributed by atoms with E-state index in [1.54, 1.807) is 18.3 Å². The number of ether oxygens (including phenoxy) is 1. The quantitative estimate of drug-likeness (QED) is 0.868. The Hall–Kier alpha value is -1.53. The van der Waals surface area contributed by atoms with Crippen molar-refractivity contribution in [2.75, 3.05) is 0 Å². The van der Waals surface area contributed by atoms with Crippen LogP contribution in [0.3, 0.4) is 0 Å². The summed E-state index contributed by atoms with van der Waals surface area (Å²) in [6.07, 6.45) is 1.62. The van der Waals surface area contributed by atoms with Crippen molar-refractivity contribution in [3.8, 4) is 5.75 Å². The molecule has 0 amide bonds. The number of pyridine rings is 1. The smallest absolute Gasteiger partial charge is 0.134 e. The monoisotopic (exact) mass is 340 g/mol. The van der Waals surface area contributed by atoms with Gasteiger partial charge < -0.3 is 10.5 Å². The molecule has 1 aromatic heterocycles. The highest BCUT2D eigenvalue weighted by Gasteiger charge is 2.08. The van der Waals surface area contributed by atoms with Crippen LogP contribution in [0.5, 0.6) is 5.75 Å². The van der Waals surface area contributed by atoms with E-state index in [0.717, 1.165) is 5.56 Å². The molecule has 2 N–H and O–H groups in total. The Balaban J connectivity index is 2.17. The van der Waals surface area contributed by atoms with E-state index in [-0.39, 0.29) is 17.4 Å². The predicted octanol–water partition coefficient (Wildman–Crippen LogP) is 3.20. The molecule has 0 aliphatic heterocycles. The van der Waals surface area contributed by atoms with Crippen LogP contribution in [0, 0.1) is 5.82 Å². The Morgan fingerprint density at radius 3 is 2.89 bits per heavy atom. The molecule has 0 fully saturated rings. The normalized spacial score (nSPS) is 10.2. The van der Waals surface area contributed by atoms with Crippen molar-refractivity contribution in [1.29, 1.82) is 0 Å². The molecule has 2 aromatic rings. The summed E-state index contributed by atoms with van der Waals surface area (Å²) in [5, 5.41) is 0. The van der Waals surface area contributed by atoms with Crippen LogP contribution in [0.2, 0.25) is 0 Å². The Morgan fingerprint density at radius 1 is 1.42 bits per heavy atom. The van der Waals surface area contributed by atoms with Crippen molar-refractivity contribution in [1.82, 2.24) is 4.98 Å². The van der Waals surface area contributed by atoms with Crippen molar-refractivity contribution in [2.45, 2.75) is 6.61 Å². The van der Waals surface area contributed by atoms with Gasteiger partial charge in [-0.3, -0.25) is 4.98 Å². The first-order valence-corrected chi connectivity index (χ1v) is 6.59. The highest BCUT2D eigenvalue weighted by atomic mass is 79.9. The van der Waals surface area contributed by atoms with Gasteiger partial charge in [0.1, 0.15) is 28.9 Å². The fourth-order valence-electron chi connectivity index (χ4n) is 1.52. The summed E-state index contributed by atoms with van der Waals surface area (Å²) in [4.78, 5) is 4.33. The number of hydrogen-bond acceptors (Lipinski definition) is 3. The second-order valence-corrected chi connectivity index (χ2v) is 5.03. The maximum Gasteiger partial charge on any atom is 0.134 e. The SMILES string of the molecule is NC(=S)c1ncccc1COc1ccc(F)cc1Br. The van der Waals surface area contributed by atoms with E-state index in [0.29, 0.717) is 15.9 Å². The van der Waals surface area contributed by atoms with Gasteiger partial charge in [0.2, 0.25) is 0 Å². The molecule has 2 rings (SSSR count). The van der Waals surface area contributed by atoms with Gasteiger partial charge in [0.05, 0.1) is 4.47 Å². The van der Waals surface area contributed by atoms with Crippen LogP contribution in [0.1, 0.15) is 11.3 Å². The summed E-state index contributed by atoms with van der Waals surface area (Å²) < 4.78 is 19.1. The molecule has 0 radical (unpaired) electrons. The van der Waals surface area contributed by atoms with E-state index >= 15 is 0 Å². The third kappa shape index (κ3) is 3.48. The Morgan fingerprint density at radius 2 is 2.21 bits per heavy atom. The lowest BCUT2D eigenvalue weighted by molar-refractivity contribution is 0.303. The molecule has 0 saturated carbocycles. The zero-order valence-electron chi connectivity index (χ0n) is 9.77. The lowest BCUT2D eigenvalue weighted by Gasteiger charge is -2.10. The zero-order chi connectivity index (χ0) is 13.8. The topological polar surface area (TPSA) is 48.1 Å². The molecule has 0 bridgehead atoms. The van der Waals surface area contributed by atoms with E-state index in [4.69, 9.17) is 22.7 Å². The van der Waals surface area contributed by atoms with Crippen LogP contribution < -0.4 is 10.5 Å². The van der Waals surface area contributed by atoms with Crippen LogP contribution in [-0.4, -0.2) is 9.97 Å². The Bertz CT molecular complexity index is 621. The maximum absolute atomic E-state index is 13.0. The highest BCUT2D eigenvalue weighted by molar-refractivity contribution is 9.10. The van der Waals surface area contributed by atoms with Gasteiger partial charge in [0.25, 0.3) is 0 Å². The molecule has 6 heteroatoms. The first-order chi connectivity index (χ1) is 9.08. The summed E-state index contributed by atoms with van der Waals surface area (Å²) in [5.74, 6) is 0.212. The predicted molar refractivity (Wildman–Crippen MR) is 78.6 cm³/mol. The molecule has 0 aliphatic carbocycles. The average molecular weight is 341 g/mol. The minimum atomic E-state index is -0.329. The number of nitrogens with zero attached hydrogens (tertiary/aromatic N) is 1. The molecule has 0 aliphatic rings. The number of aromatic nitrogens is 1. The number of nitrogens with two attached hydrogens (primary N) is 1. The van der Waals surface area contributed by atoms with E-state index < -0.39 is 0 Å². The summed E-state index contributed by atoms with van der Waals surface area (Å²) in [6, 6.07) is 7.83. The van der Waals surface area contributed by atoms with Crippen molar-refractivity contribution < 1.29 is 9.13 Å². The molecular weight excluding hydrogens is 331 g/mol. The van der Waals surface area contributed by atoms with Gasteiger partial charge in [-0.2, -0.15) is 0 Å². The van der Waals surface area contributed by atoms with Crippen LogP contribution in [0.25, 0.3) is 0 Å². The molecule has 0 saturated heterocycles. The average Bonchev–Trinajstić information content (AvgIpc) is 2.38. The number of rotatable bonds is 4. The third-order valence-corrected chi connectivity index (χ3v) is 3.21. The minimum Gasteiger partial charge on any atom is -0.488 e. The van der Waals surface area contributed by atoms with Gasteiger partial charge >= 0.3 is 0 Å². The Kier molecular flexibility index (Phi) is 4.44. The molecular formula is C13H10BrFN2OS. The lowest BCUT2D eigenvalue weighted by Crippen LogP contribution is -2.15. The van der Waals surface area contributed by atoms with Gasteiger partial charge in [-0.05, 0) is 40.2 Å². The first-order valence-electron chi connectivity index (χ1n) is 5.39. The molecule has 0 atom stereocenters. The van der Waals surface area contributed by atoms with Crippen molar-refractivity contribution >= 4 is 33.1 Å². The van der Waals surface area contributed by atoms with Crippen molar-refractivity contribution in [2.24, 2.45) is 5.73 Å². The van der Waals surface area contributed by atoms with Crippen LogP contribution >= 0.6 is 28.1 Å². The summed E-state index contributed by atoms with van der Waals surface area (Å²) in [6.45, 7) is 0.255. The second kappa shape index (κ2) is 6.08. The number of thiocarbonyl (C=S) groups is 1. The molecule has 19 heavy (non-hydrogen) atoms. The Labute approximate surface area is 123 Å². The number of hydrogen-bond donors (Lipinski definition) is 1. The molecule has 98 valence electrons. The molecule has 0 unspecified atom stereocenters. The largest absolute Gasteiger partial charge is 0.488 e. The second-order valence-electron chi connectivity index (χ2n) is 3.74. The van der Waals surface area contributed by atoms with E-state index in [9.17, 15) is 4.39 Å². The molecule has 1 heterocycles. The first kappa shape index (κ1) is 13.9. The number of halogens is 2. The van der Waals surface area contributed by atoms with E-state index in [2.05, 4.69) is 20.9 Å². The summed E-state index contributed by atoms with van der Waals surface area (Å²) in [5.41, 5.74) is 6.91. The van der Waals surface area contributed by atoms with E-state index in [1.807, 2.05) is 6.07 Å². The van der Waals surface area contributed by atoms with Gasteiger partial charge in [-0.15, -0.1) is 0 Å². The molecule has 0 spiro atoms. The maximum atomic E-state index is 13.0. The lowest BCUT2D eigenvalue weighted by atomic mass is 10.2. The van der Waals surface area contributed by atoms with Crippen LogP contribution in [0.15, 0.2) is 41.0 Å². The number of benzene rings is 1. The fourth-order valence-corrected chi connectivity index (χ4v) is 2.17. The molecule has 1 aromatic carbocycles. The van der Waals surface area contributed by atoms with Crippen molar-refractivity contribution in [3.63, 3.8) is 0 Å². The standard InChI is InChI=1S/C13H10BrFN2OS/c14-10-6-9(15)3-4-11(10)18-7-8-2-1-5-17-12(8)13(16)19/h1-6H,7H2,(H2,16,19). The van der Waals surface area contributed by atoms with Gasteiger partial charge in [0.15, 0.2) is 0 Å². The summed E-state index contributed by atoms with van der Waals surface area (Å²) >= 11 is 8.16. The summed E-state index contributed by atoms with van der Waals surface area (Å²) in [7, 11) is 0. The van der Waals surface area contributed by atoms with Crippen LogP contribution in [-0.2, 0) is 6.61 Å². The third-order valence-electron chi connectivity index (χ3n) is 2.40. The fraction of sp³-hybridized carbons (Fsp3) is 0.0769.